The Kier molecular flexibility index (Phi) is 3.51. The lowest BCUT2D eigenvalue weighted by Crippen LogP contribution is -2.28. The molecule has 4 nitrogen and oxygen atoms in total. The van der Waals surface area contributed by atoms with E-state index in [-0.39, 0.29) is 11.5 Å². The van der Waals surface area contributed by atoms with E-state index in [0.29, 0.717) is 17.8 Å². The van der Waals surface area contributed by atoms with E-state index in [1.165, 1.54) is 0 Å². The zero-order valence-corrected chi connectivity index (χ0v) is 12.6. The molecule has 1 N–H and O–H groups in total. The summed E-state index contributed by atoms with van der Waals surface area (Å²) in [6, 6.07) is 12.1. The van der Waals surface area contributed by atoms with Crippen LogP contribution in [0.25, 0.3) is 0 Å². The highest BCUT2D eigenvalue weighted by molar-refractivity contribution is 9.10. The Balaban J connectivity index is 1.96. The molecule has 0 aromatic heterocycles. The quantitative estimate of drug-likeness (QED) is 0.907. The van der Waals surface area contributed by atoms with Crippen molar-refractivity contribution in [2.75, 3.05) is 11.4 Å². The van der Waals surface area contributed by atoms with Gasteiger partial charge in [-0.3, -0.25) is 4.79 Å². The van der Waals surface area contributed by atoms with Gasteiger partial charge in [-0.2, -0.15) is 0 Å². The van der Waals surface area contributed by atoms with Crippen LogP contribution in [-0.2, 0) is 6.42 Å². The number of carboxylic acids is 1. The fourth-order valence-corrected chi connectivity index (χ4v) is 2.74. The number of halogens is 1. The minimum absolute atomic E-state index is 0.108. The summed E-state index contributed by atoms with van der Waals surface area (Å²) in [4.78, 5) is 25.3. The Labute approximate surface area is 130 Å². The molecular formula is C16H12BrNO3. The molecule has 0 fully saturated rings. The van der Waals surface area contributed by atoms with E-state index in [2.05, 4.69) is 15.9 Å². The molecule has 0 saturated carbocycles. The van der Waals surface area contributed by atoms with Crippen molar-refractivity contribution in [3.05, 3.63) is 63.6 Å². The van der Waals surface area contributed by atoms with Crippen molar-refractivity contribution in [1.82, 2.24) is 0 Å². The number of carboxylic acid groups (broad SMARTS) is 1. The molecule has 0 spiro atoms. The molecule has 0 unspecified atom stereocenters. The largest absolute Gasteiger partial charge is 0.478 e. The van der Waals surface area contributed by atoms with Gasteiger partial charge in [0.15, 0.2) is 0 Å². The molecule has 21 heavy (non-hydrogen) atoms. The van der Waals surface area contributed by atoms with Crippen LogP contribution in [0.4, 0.5) is 5.69 Å². The summed E-state index contributed by atoms with van der Waals surface area (Å²) < 4.78 is 0.911. The van der Waals surface area contributed by atoms with Crippen molar-refractivity contribution >= 4 is 33.5 Å². The number of amides is 1. The van der Waals surface area contributed by atoms with Gasteiger partial charge in [0.1, 0.15) is 0 Å². The Bertz CT molecular complexity index is 725. The first-order valence-electron chi connectivity index (χ1n) is 6.50. The van der Waals surface area contributed by atoms with E-state index < -0.39 is 5.97 Å². The van der Waals surface area contributed by atoms with E-state index in [9.17, 15) is 9.59 Å². The fourth-order valence-electron chi connectivity index (χ4n) is 2.47. The number of aromatic carboxylic acids is 1. The Morgan fingerprint density at radius 2 is 1.71 bits per heavy atom. The van der Waals surface area contributed by atoms with Gasteiger partial charge in [-0.1, -0.05) is 22.0 Å². The molecule has 5 heteroatoms. The van der Waals surface area contributed by atoms with Crippen LogP contribution < -0.4 is 4.90 Å². The topological polar surface area (TPSA) is 57.6 Å². The lowest BCUT2D eigenvalue weighted by Gasteiger charge is -2.17. The van der Waals surface area contributed by atoms with E-state index in [4.69, 9.17) is 5.11 Å². The predicted molar refractivity (Wildman–Crippen MR) is 82.9 cm³/mol. The molecule has 1 aliphatic rings. The van der Waals surface area contributed by atoms with Crippen molar-refractivity contribution in [3.63, 3.8) is 0 Å². The average Bonchev–Trinajstić information content (AvgIpc) is 2.90. The monoisotopic (exact) mass is 345 g/mol. The minimum Gasteiger partial charge on any atom is -0.478 e. The standard InChI is InChI=1S/C16H12BrNO3/c17-13-5-3-11(4-6-13)15(19)18-8-7-10-1-2-12(16(20)21)9-14(10)18/h1-6,9H,7-8H2,(H,20,21). The second-order valence-corrected chi connectivity index (χ2v) is 5.78. The second-order valence-electron chi connectivity index (χ2n) is 4.86. The summed E-state index contributed by atoms with van der Waals surface area (Å²) in [6.07, 6.45) is 0.748. The number of nitrogens with zero attached hydrogens (tertiary/aromatic N) is 1. The maximum absolute atomic E-state index is 12.6. The third-order valence-corrected chi connectivity index (χ3v) is 4.09. The molecule has 0 saturated heterocycles. The highest BCUT2D eigenvalue weighted by atomic mass is 79.9. The predicted octanol–water partition coefficient (Wildman–Crippen LogP) is 3.35. The number of carbonyl (C=O) groups excluding carboxylic acids is 1. The molecule has 0 aliphatic carbocycles. The molecule has 2 aromatic rings. The summed E-state index contributed by atoms with van der Waals surface area (Å²) in [5.41, 5.74) is 2.49. The van der Waals surface area contributed by atoms with Crippen LogP contribution >= 0.6 is 15.9 Å². The normalized spacial score (nSPS) is 13.1. The number of rotatable bonds is 2. The van der Waals surface area contributed by atoms with Gasteiger partial charge in [-0.15, -0.1) is 0 Å². The van der Waals surface area contributed by atoms with Gasteiger partial charge >= 0.3 is 5.97 Å². The summed E-state index contributed by atoms with van der Waals surface area (Å²) in [5.74, 6) is -1.09. The first-order chi connectivity index (χ1) is 10.1. The SMILES string of the molecule is O=C(O)c1ccc2c(c1)N(C(=O)c1ccc(Br)cc1)CC2. The van der Waals surface area contributed by atoms with Crippen molar-refractivity contribution in [2.24, 2.45) is 0 Å². The smallest absolute Gasteiger partial charge is 0.335 e. The van der Waals surface area contributed by atoms with Gasteiger partial charge in [0, 0.05) is 22.3 Å². The van der Waals surface area contributed by atoms with Crippen LogP contribution in [0.1, 0.15) is 26.3 Å². The molecule has 0 atom stereocenters. The van der Waals surface area contributed by atoms with Crippen molar-refractivity contribution in [2.45, 2.75) is 6.42 Å². The average molecular weight is 346 g/mol. The maximum Gasteiger partial charge on any atom is 0.335 e. The molecule has 1 heterocycles. The van der Waals surface area contributed by atoms with Crippen LogP contribution in [0.5, 0.6) is 0 Å². The van der Waals surface area contributed by atoms with E-state index in [1.54, 1.807) is 35.2 Å². The fraction of sp³-hybridized carbons (Fsp3) is 0.125. The highest BCUT2D eigenvalue weighted by Gasteiger charge is 2.26. The van der Waals surface area contributed by atoms with Gasteiger partial charge in [-0.05, 0) is 48.4 Å². The van der Waals surface area contributed by atoms with Crippen molar-refractivity contribution < 1.29 is 14.7 Å². The van der Waals surface area contributed by atoms with Crippen LogP contribution in [0, 0.1) is 0 Å². The third kappa shape index (κ3) is 2.56. The third-order valence-electron chi connectivity index (χ3n) is 3.56. The van der Waals surface area contributed by atoms with Crippen LogP contribution in [0.15, 0.2) is 46.9 Å². The Morgan fingerprint density at radius 3 is 2.38 bits per heavy atom. The summed E-state index contributed by atoms with van der Waals surface area (Å²) in [5, 5.41) is 9.08. The molecular weight excluding hydrogens is 334 g/mol. The number of anilines is 1. The molecule has 106 valence electrons. The summed E-state index contributed by atoms with van der Waals surface area (Å²) in [7, 11) is 0. The Morgan fingerprint density at radius 1 is 1.05 bits per heavy atom. The van der Waals surface area contributed by atoms with E-state index in [1.807, 2.05) is 12.1 Å². The zero-order valence-electron chi connectivity index (χ0n) is 11.0. The second kappa shape index (κ2) is 5.33. The Hall–Kier alpha value is -2.14. The lowest BCUT2D eigenvalue weighted by molar-refractivity contribution is 0.0696. The number of fused-ring (bicyclic) bond motifs is 1. The molecule has 1 aliphatic heterocycles. The summed E-state index contributed by atoms with van der Waals surface area (Å²) in [6.45, 7) is 0.577. The lowest BCUT2D eigenvalue weighted by atomic mass is 10.1. The van der Waals surface area contributed by atoms with Crippen LogP contribution in [0.3, 0.4) is 0 Å². The van der Waals surface area contributed by atoms with Gasteiger partial charge in [0.2, 0.25) is 0 Å². The van der Waals surface area contributed by atoms with Gasteiger partial charge in [0.05, 0.1) is 5.56 Å². The molecule has 0 bridgehead atoms. The highest BCUT2D eigenvalue weighted by Crippen LogP contribution is 2.30. The first kappa shape index (κ1) is 13.8. The molecule has 1 amide bonds. The molecule has 2 aromatic carbocycles. The number of hydrogen-bond acceptors (Lipinski definition) is 2. The first-order valence-corrected chi connectivity index (χ1v) is 7.29. The number of benzene rings is 2. The van der Waals surface area contributed by atoms with Crippen LogP contribution in [0.2, 0.25) is 0 Å². The van der Waals surface area contributed by atoms with Gasteiger partial charge in [-0.25, -0.2) is 4.79 Å². The molecule has 3 rings (SSSR count). The number of hydrogen-bond donors (Lipinski definition) is 1. The van der Waals surface area contributed by atoms with Crippen molar-refractivity contribution in [1.29, 1.82) is 0 Å². The van der Waals surface area contributed by atoms with Gasteiger partial charge < -0.3 is 10.0 Å². The number of carbonyl (C=O) groups is 2. The summed E-state index contributed by atoms with van der Waals surface area (Å²) >= 11 is 3.34. The van der Waals surface area contributed by atoms with Gasteiger partial charge in [0.25, 0.3) is 5.91 Å². The zero-order chi connectivity index (χ0) is 15.0. The molecule has 0 radical (unpaired) electrons. The van der Waals surface area contributed by atoms with E-state index in [0.717, 1.165) is 16.5 Å². The minimum atomic E-state index is -0.985. The van der Waals surface area contributed by atoms with E-state index >= 15 is 0 Å². The van der Waals surface area contributed by atoms with Crippen LogP contribution in [-0.4, -0.2) is 23.5 Å². The maximum atomic E-state index is 12.6. The van der Waals surface area contributed by atoms with Crippen molar-refractivity contribution in [3.8, 4) is 0 Å².